The molecule has 0 saturated carbocycles. The Morgan fingerprint density at radius 3 is 2.59 bits per heavy atom. The van der Waals surface area contributed by atoms with Crippen LogP contribution in [0.2, 0.25) is 0 Å². The number of hydrogen-bond acceptors (Lipinski definition) is 4. The minimum atomic E-state index is 0.0523. The molecule has 1 aromatic rings. The smallest absolute Gasteiger partial charge is 0.317 e. The van der Waals surface area contributed by atoms with Gasteiger partial charge < -0.3 is 19.7 Å². The minimum absolute atomic E-state index is 0.0523. The number of benzene rings is 1. The normalized spacial score (nSPS) is 26.0. The lowest BCUT2D eigenvalue weighted by Crippen LogP contribution is -2.75. The first-order valence-electron chi connectivity index (χ1n) is 10.2. The van der Waals surface area contributed by atoms with Crippen molar-refractivity contribution >= 4 is 6.03 Å². The summed E-state index contributed by atoms with van der Waals surface area (Å²) < 4.78 is 11.4. The Balaban J connectivity index is 1.28. The fraction of sp³-hybridized carbons (Fsp3) is 0.667. The van der Waals surface area contributed by atoms with Crippen LogP contribution in [0.1, 0.15) is 31.2 Å². The van der Waals surface area contributed by atoms with Gasteiger partial charge in [-0.15, -0.1) is 0 Å². The molecule has 0 bridgehead atoms. The van der Waals surface area contributed by atoms with Crippen molar-refractivity contribution in [3.05, 3.63) is 35.9 Å². The largest absolute Gasteiger partial charge is 0.381 e. The third-order valence-corrected chi connectivity index (χ3v) is 6.66. The Morgan fingerprint density at radius 2 is 1.93 bits per heavy atom. The van der Waals surface area contributed by atoms with Gasteiger partial charge in [0.15, 0.2) is 0 Å². The van der Waals surface area contributed by atoms with Crippen LogP contribution in [-0.2, 0) is 16.0 Å². The van der Waals surface area contributed by atoms with E-state index in [-0.39, 0.29) is 11.6 Å². The number of nitrogens with one attached hydrogen (secondary N) is 1. The van der Waals surface area contributed by atoms with Crippen LogP contribution in [0.5, 0.6) is 0 Å². The van der Waals surface area contributed by atoms with Gasteiger partial charge in [0.25, 0.3) is 0 Å². The van der Waals surface area contributed by atoms with Crippen molar-refractivity contribution in [2.24, 2.45) is 0 Å². The number of rotatable bonds is 4. The number of ether oxygens (including phenoxy) is 2. The molecule has 3 fully saturated rings. The van der Waals surface area contributed by atoms with E-state index in [0.29, 0.717) is 18.7 Å². The first-order valence-corrected chi connectivity index (χ1v) is 10.2. The molecule has 0 aromatic heterocycles. The summed E-state index contributed by atoms with van der Waals surface area (Å²) in [6.07, 6.45) is 4.52. The van der Waals surface area contributed by atoms with E-state index in [1.807, 2.05) is 42.3 Å². The molecule has 1 N–H and O–H groups in total. The van der Waals surface area contributed by atoms with Gasteiger partial charge in [-0.2, -0.15) is 0 Å². The van der Waals surface area contributed by atoms with Gasteiger partial charge >= 0.3 is 6.03 Å². The summed E-state index contributed by atoms with van der Waals surface area (Å²) in [4.78, 5) is 17.1. The van der Waals surface area contributed by atoms with Gasteiger partial charge in [-0.3, -0.25) is 4.90 Å². The van der Waals surface area contributed by atoms with E-state index < -0.39 is 0 Å². The molecule has 3 heterocycles. The monoisotopic (exact) mass is 373 g/mol. The van der Waals surface area contributed by atoms with Gasteiger partial charge in [0, 0.05) is 52.5 Å². The van der Waals surface area contributed by atoms with E-state index in [9.17, 15) is 4.79 Å². The highest BCUT2D eigenvalue weighted by Crippen LogP contribution is 2.44. The Morgan fingerprint density at radius 1 is 1.22 bits per heavy atom. The van der Waals surface area contributed by atoms with Crippen LogP contribution in [-0.4, -0.2) is 73.5 Å². The molecule has 27 heavy (non-hydrogen) atoms. The van der Waals surface area contributed by atoms with Gasteiger partial charge in [-0.1, -0.05) is 30.3 Å². The lowest BCUT2D eigenvalue weighted by molar-refractivity contribution is -0.207. The van der Waals surface area contributed by atoms with Gasteiger partial charge in [0.1, 0.15) is 0 Å². The molecule has 0 radical (unpaired) electrons. The zero-order valence-electron chi connectivity index (χ0n) is 16.2. The quantitative estimate of drug-likeness (QED) is 0.880. The second-order valence-corrected chi connectivity index (χ2v) is 7.96. The van der Waals surface area contributed by atoms with Crippen molar-refractivity contribution in [3.63, 3.8) is 0 Å². The van der Waals surface area contributed by atoms with Gasteiger partial charge in [-0.05, 0) is 31.2 Å². The molecule has 3 saturated heterocycles. The summed E-state index contributed by atoms with van der Waals surface area (Å²) in [6, 6.07) is 10.7. The van der Waals surface area contributed by atoms with Crippen molar-refractivity contribution < 1.29 is 14.3 Å². The van der Waals surface area contributed by atoms with Crippen molar-refractivity contribution in [1.82, 2.24) is 15.1 Å². The first-order chi connectivity index (χ1) is 13.2. The number of carbonyl (C=O) groups is 1. The number of piperidine rings is 1. The molecule has 148 valence electrons. The number of carbonyl (C=O) groups excluding carboxylic acids is 1. The van der Waals surface area contributed by atoms with E-state index in [1.165, 1.54) is 0 Å². The highest BCUT2D eigenvalue weighted by Gasteiger charge is 2.56. The topological polar surface area (TPSA) is 54.0 Å². The second kappa shape index (κ2) is 8.17. The standard InChI is InChI=1S/C21H31N3O3/c1-26-19-16-24(21(19)9-13-27-14-10-21)18-7-11-23(12-8-18)20(25)22-15-17-5-3-2-4-6-17/h2-6,18-19H,7-16H2,1H3,(H,22,25). The van der Waals surface area contributed by atoms with Crippen LogP contribution >= 0.6 is 0 Å². The summed E-state index contributed by atoms with van der Waals surface area (Å²) in [5, 5.41) is 3.05. The molecule has 6 nitrogen and oxygen atoms in total. The number of amides is 2. The van der Waals surface area contributed by atoms with Crippen molar-refractivity contribution in [2.45, 2.75) is 49.9 Å². The van der Waals surface area contributed by atoms with Gasteiger partial charge in [0.2, 0.25) is 0 Å². The summed E-state index contributed by atoms with van der Waals surface area (Å²) in [5.74, 6) is 0. The predicted octanol–water partition coefficient (Wildman–Crippen LogP) is 2.24. The molecule has 1 unspecified atom stereocenters. The van der Waals surface area contributed by atoms with Crippen LogP contribution in [0.15, 0.2) is 30.3 Å². The number of methoxy groups -OCH3 is 1. The fourth-order valence-corrected chi connectivity index (χ4v) is 5.01. The molecule has 4 rings (SSSR count). The molecule has 1 atom stereocenters. The maximum absolute atomic E-state index is 12.5. The maximum Gasteiger partial charge on any atom is 0.317 e. The predicted molar refractivity (Wildman–Crippen MR) is 104 cm³/mol. The third kappa shape index (κ3) is 3.71. The van der Waals surface area contributed by atoms with Crippen LogP contribution < -0.4 is 5.32 Å². The SMILES string of the molecule is COC1CN(C2CCN(C(=O)NCc3ccccc3)CC2)C12CCOCC2. The van der Waals surface area contributed by atoms with Crippen LogP contribution in [0.25, 0.3) is 0 Å². The Kier molecular flexibility index (Phi) is 5.66. The van der Waals surface area contributed by atoms with E-state index >= 15 is 0 Å². The molecule has 3 aliphatic heterocycles. The first kappa shape index (κ1) is 18.7. The van der Waals surface area contributed by atoms with Crippen LogP contribution in [0, 0.1) is 0 Å². The van der Waals surface area contributed by atoms with Crippen LogP contribution in [0.4, 0.5) is 4.79 Å². The molecular weight excluding hydrogens is 342 g/mol. The van der Waals surface area contributed by atoms with E-state index in [1.54, 1.807) is 0 Å². The zero-order valence-corrected chi connectivity index (χ0v) is 16.2. The molecule has 6 heteroatoms. The summed E-state index contributed by atoms with van der Waals surface area (Å²) >= 11 is 0. The highest BCUT2D eigenvalue weighted by molar-refractivity contribution is 5.74. The van der Waals surface area contributed by atoms with E-state index in [0.717, 1.165) is 64.1 Å². The van der Waals surface area contributed by atoms with Gasteiger partial charge in [-0.25, -0.2) is 4.79 Å². The minimum Gasteiger partial charge on any atom is -0.381 e. The number of likely N-dealkylation sites (tertiary alicyclic amines) is 2. The lowest BCUT2D eigenvalue weighted by atomic mass is 9.73. The van der Waals surface area contributed by atoms with Crippen molar-refractivity contribution in [1.29, 1.82) is 0 Å². The lowest BCUT2D eigenvalue weighted by Gasteiger charge is -2.63. The van der Waals surface area contributed by atoms with Crippen molar-refractivity contribution in [3.8, 4) is 0 Å². The molecule has 0 aliphatic carbocycles. The van der Waals surface area contributed by atoms with Crippen molar-refractivity contribution in [2.75, 3.05) is 40.0 Å². The fourth-order valence-electron chi connectivity index (χ4n) is 5.01. The highest BCUT2D eigenvalue weighted by atomic mass is 16.5. The van der Waals surface area contributed by atoms with Gasteiger partial charge in [0.05, 0.1) is 11.6 Å². The van der Waals surface area contributed by atoms with E-state index in [2.05, 4.69) is 10.2 Å². The number of hydrogen-bond donors (Lipinski definition) is 1. The average Bonchev–Trinajstić information content (AvgIpc) is 2.73. The summed E-state index contributed by atoms with van der Waals surface area (Å²) in [5.41, 5.74) is 1.29. The molecule has 1 aromatic carbocycles. The molecule has 1 spiro atoms. The molecule has 2 amide bonds. The van der Waals surface area contributed by atoms with Crippen LogP contribution in [0.3, 0.4) is 0 Å². The zero-order chi connectivity index (χ0) is 18.7. The maximum atomic E-state index is 12.5. The average molecular weight is 373 g/mol. The molecular formula is C21H31N3O3. The Hall–Kier alpha value is -1.63. The summed E-state index contributed by atoms with van der Waals surface area (Å²) in [7, 11) is 1.83. The molecule has 3 aliphatic rings. The third-order valence-electron chi connectivity index (χ3n) is 6.66. The Labute approximate surface area is 161 Å². The Bertz CT molecular complexity index is 625. The summed E-state index contributed by atoms with van der Waals surface area (Å²) in [6.45, 7) is 4.91. The van der Waals surface area contributed by atoms with E-state index in [4.69, 9.17) is 9.47 Å². The number of urea groups is 1. The second-order valence-electron chi connectivity index (χ2n) is 7.96. The number of nitrogens with zero attached hydrogens (tertiary/aromatic N) is 2.